The van der Waals surface area contributed by atoms with Crippen LogP contribution in [-0.2, 0) is 15.0 Å². The molecule has 3 aromatic carbocycles. The van der Waals surface area contributed by atoms with Gasteiger partial charge in [-0.2, -0.15) is 0 Å². The highest BCUT2D eigenvalue weighted by Crippen LogP contribution is 2.43. The van der Waals surface area contributed by atoms with Crippen molar-refractivity contribution in [1.29, 1.82) is 0 Å². The number of rotatable bonds is 7. The standard InChI is InChI=1S/C30H29NO4/c1-5-7-22(18-28(32)33)21-10-13-25(14-11-21)35-19-31-27-15-12-24(23-9-6-8-20(2)16-23)17-26(27)30(3,4)29(31)34/h6,8-17,22H,18-19H2,1-4H3,(H,32,33). The second-order valence-electron chi connectivity index (χ2n) is 9.35. The Kier molecular flexibility index (Phi) is 6.66. The van der Waals surface area contributed by atoms with Gasteiger partial charge in [-0.05, 0) is 74.2 Å². The Bertz CT molecular complexity index is 1330. The van der Waals surface area contributed by atoms with Gasteiger partial charge in [0, 0.05) is 0 Å². The molecule has 35 heavy (non-hydrogen) atoms. The Labute approximate surface area is 206 Å². The lowest BCUT2D eigenvalue weighted by Crippen LogP contribution is -2.38. The largest absolute Gasteiger partial charge is 0.481 e. The van der Waals surface area contributed by atoms with Gasteiger partial charge in [-0.1, -0.05) is 53.9 Å². The predicted octanol–water partition coefficient (Wildman–Crippen LogP) is 5.90. The molecule has 0 saturated heterocycles. The number of aryl methyl sites for hydroxylation is 1. The smallest absolute Gasteiger partial charge is 0.304 e. The maximum Gasteiger partial charge on any atom is 0.304 e. The van der Waals surface area contributed by atoms with Crippen LogP contribution in [-0.4, -0.2) is 23.7 Å². The fraction of sp³-hybridized carbons (Fsp3) is 0.267. The Morgan fingerprint density at radius 3 is 2.43 bits per heavy atom. The number of carbonyl (C=O) groups excluding carboxylic acids is 1. The Morgan fingerprint density at radius 2 is 1.77 bits per heavy atom. The van der Waals surface area contributed by atoms with Crippen molar-refractivity contribution in [3.05, 3.63) is 83.4 Å². The van der Waals surface area contributed by atoms with Crippen molar-refractivity contribution in [2.45, 2.75) is 45.4 Å². The summed E-state index contributed by atoms with van der Waals surface area (Å²) in [7, 11) is 0. The van der Waals surface area contributed by atoms with Crippen molar-refractivity contribution in [2.24, 2.45) is 0 Å². The quantitative estimate of drug-likeness (QED) is 0.439. The van der Waals surface area contributed by atoms with Gasteiger partial charge in [0.25, 0.3) is 0 Å². The molecule has 0 spiro atoms. The number of hydrogen-bond acceptors (Lipinski definition) is 3. The third kappa shape index (κ3) is 4.93. The molecule has 3 aromatic rings. The molecular formula is C30H29NO4. The number of carboxylic acids is 1. The fourth-order valence-electron chi connectivity index (χ4n) is 4.50. The van der Waals surface area contributed by atoms with Gasteiger partial charge in [0.2, 0.25) is 5.91 Å². The van der Waals surface area contributed by atoms with E-state index < -0.39 is 11.4 Å². The van der Waals surface area contributed by atoms with Crippen molar-refractivity contribution in [1.82, 2.24) is 0 Å². The van der Waals surface area contributed by atoms with Gasteiger partial charge in [0.15, 0.2) is 6.73 Å². The molecule has 0 radical (unpaired) electrons. The van der Waals surface area contributed by atoms with Crippen LogP contribution in [0.4, 0.5) is 5.69 Å². The number of aliphatic carboxylic acids is 1. The number of carbonyl (C=O) groups is 2. The van der Waals surface area contributed by atoms with E-state index in [0.717, 1.165) is 27.9 Å². The molecule has 1 unspecified atom stereocenters. The molecule has 5 heteroatoms. The molecule has 1 heterocycles. The van der Waals surface area contributed by atoms with Crippen LogP contribution in [0.25, 0.3) is 11.1 Å². The number of ether oxygens (including phenoxy) is 1. The summed E-state index contributed by atoms with van der Waals surface area (Å²) in [6.07, 6.45) is -0.0558. The third-order valence-corrected chi connectivity index (χ3v) is 6.43. The molecule has 0 bridgehead atoms. The average molecular weight is 468 g/mol. The lowest BCUT2D eigenvalue weighted by Gasteiger charge is -2.21. The second-order valence-corrected chi connectivity index (χ2v) is 9.35. The first-order valence-corrected chi connectivity index (χ1v) is 11.6. The summed E-state index contributed by atoms with van der Waals surface area (Å²) in [6, 6.07) is 21.7. The lowest BCUT2D eigenvalue weighted by molar-refractivity contribution is -0.137. The van der Waals surface area contributed by atoms with Gasteiger partial charge in [-0.15, -0.1) is 5.92 Å². The molecule has 1 aliphatic heterocycles. The van der Waals surface area contributed by atoms with Gasteiger partial charge < -0.3 is 9.84 Å². The highest BCUT2D eigenvalue weighted by atomic mass is 16.5. The number of fused-ring (bicyclic) bond motifs is 1. The van der Waals surface area contributed by atoms with E-state index in [1.807, 2.05) is 44.2 Å². The van der Waals surface area contributed by atoms with E-state index in [0.29, 0.717) is 5.75 Å². The monoisotopic (exact) mass is 467 g/mol. The maximum atomic E-state index is 13.3. The molecule has 1 aliphatic rings. The van der Waals surface area contributed by atoms with E-state index in [4.69, 9.17) is 9.84 Å². The number of benzene rings is 3. The van der Waals surface area contributed by atoms with Crippen LogP contribution in [0, 0.1) is 18.8 Å². The maximum absolute atomic E-state index is 13.3. The summed E-state index contributed by atoms with van der Waals surface area (Å²) in [5.41, 5.74) is 5.39. The zero-order valence-corrected chi connectivity index (χ0v) is 20.5. The van der Waals surface area contributed by atoms with Crippen LogP contribution in [0.5, 0.6) is 5.75 Å². The zero-order chi connectivity index (χ0) is 25.2. The molecule has 1 amide bonds. The minimum Gasteiger partial charge on any atom is -0.481 e. The van der Waals surface area contributed by atoms with Crippen molar-refractivity contribution in [3.63, 3.8) is 0 Å². The summed E-state index contributed by atoms with van der Waals surface area (Å²) in [5, 5.41) is 9.14. The summed E-state index contributed by atoms with van der Waals surface area (Å²) in [5.74, 6) is 5.07. The van der Waals surface area contributed by atoms with Crippen LogP contribution in [0.15, 0.2) is 66.7 Å². The first kappa shape index (κ1) is 24.1. The molecule has 0 aliphatic carbocycles. The Balaban J connectivity index is 1.53. The molecule has 178 valence electrons. The number of carboxylic acid groups (broad SMARTS) is 1. The minimum atomic E-state index is -0.891. The number of amides is 1. The van der Waals surface area contributed by atoms with Crippen molar-refractivity contribution < 1.29 is 19.4 Å². The molecule has 0 aromatic heterocycles. The second kappa shape index (κ2) is 9.68. The van der Waals surface area contributed by atoms with E-state index in [1.165, 1.54) is 5.56 Å². The van der Waals surface area contributed by atoms with Gasteiger partial charge in [0.05, 0.1) is 23.4 Å². The minimum absolute atomic E-state index is 0.00902. The first-order chi connectivity index (χ1) is 16.7. The van der Waals surface area contributed by atoms with Crippen molar-refractivity contribution in [2.75, 3.05) is 11.6 Å². The summed E-state index contributed by atoms with van der Waals surface area (Å²) in [6.45, 7) is 7.74. The van der Waals surface area contributed by atoms with E-state index >= 15 is 0 Å². The van der Waals surface area contributed by atoms with Crippen LogP contribution >= 0.6 is 0 Å². The highest BCUT2D eigenvalue weighted by Gasteiger charge is 2.44. The van der Waals surface area contributed by atoms with Gasteiger partial charge >= 0.3 is 5.97 Å². The Hall–Kier alpha value is -4.04. The van der Waals surface area contributed by atoms with E-state index in [-0.39, 0.29) is 25.0 Å². The molecule has 5 nitrogen and oxygen atoms in total. The first-order valence-electron chi connectivity index (χ1n) is 11.6. The van der Waals surface area contributed by atoms with Crippen LogP contribution in [0.1, 0.15) is 49.8 Å². The third-order valence-electron chi connectivity index (χ3n) is 6.43. The number of nitrogens with zero attached hydrogens (tertiary/aromatic N) is 1. The van der Waals surface area contributed by atoms with Crippen molar-refractivity contribution >= 4 is 17.6 Å². The predicted molar refractivity (Wildman–Crippen MR) is 138 cm³/mol. The van der Waals surface area contributed by atoms with Gasteiger partial charge in [-0.3, -0.25) is 14.5 Å². The van der Waals surface area contributed by atoms with Crippen molar-refractivity contribution in [3.8, 4) is 28.7 Å². The van der Waals surface area contributed by atoms with Crippen LogP contribution < -0.4 is 9.64 Å². The number of anilines is 1. The summed E-state index contributed by atoms with van der Waals surface area (Å²) < 4.78 is 5.97. The number of hydrogen-bond donors (Lipinski definition) is 1. The molecule has 0 saturated carbocycles. The summed E-state index contributed by atoms with van der Waals surface area (Å²) in [4.78, 5) is 26.1. The molecule has 1 N–H and O–H groups in total. The van der Waals surface area contributed by atoms with Gasteiger partial charge in [-0.25, -0.2) is 0 Å². The van der Waals surface area contributed by atoms with Crippen LogP contribution in [0.3, 0.4) is 0 Å². The molecular weight excluding hydrogens is 438 g/mol. The highest BCUT2D eigenvalue weighted by molar-refractivity contribution is 6.07. The van der Waals surface area contributed by atoms with Crippen LogP contribution in [0.2, 0.25) is 0 Å². The van der Waals surface area contributed by atoms with E-state index in [1.54, 1.807) is 24.0 Å². The lowest BCUT2D eigenvalue weighted by atomic mass is 9.84. The average Bonchev–Trinajstić information content (AvgIpc) is 3.02. The van der Waals surface area contributed by atoms with E-state index in [9.17, 15) is 9.59 Å². The molecule has 4 rings (SSSR count). The SMILES string of the molecule is CC#CC(CC(=O)O)c1ccc(OCN2C(=O)C(C)(C)c3cc(-c4cccc(C)c4)ccc32)cc1. The molecule has 0 fully saturated rings. The normalized spacial score (nSPS) is 14.6. The zero-order valence-electron chi connectivity index (χ0n) is 20.5. The summed E-state index contributed by atoms with van der Waals surface area (Å²) >= 11 is 0. The fourth-order valence-corrected chi connectivity index (χ4v) is 4.50. The van der Waals surface area contributed by atoms with Gasteiger partial charge in [0.1, 0.15) is 5.75 Å². The topological polar surface area (TPSA) is 66.8 Å². The molecule has 1 atom stereocenters. The van der Waals surface area contributed by atoms with E-state index in [2.05, 4.69) is 43.0 Å². The Morgan fingerprint density at radius 1 is 1.06 bits per heavy atom.